The highest BCUT2D eigenvalue weighted by molar-refractivity contribution is 5.80. The van der Waals surface area contributed by atoms with Gasteiger partial charge in [0, 0.05) is 5.92 Å². The molecule has 0 saturated heterocycles. The molecule has 5 saturated carbocycles. The summed E-state index contributed by atoms with van der Waals surface area (Å²) in [5.41, 5.74) is -0.286. The van der Waals surface area contributed by atoms with Crippen molar-refractivity contribution in [2.24, 2.45) is 29.6 Å². The fourth-order valence-electron chi connectivity index (χ4n) is 6.07. The van der Waals surface area contributed by atoms with Crippen LogP contribution in [-0.2, 0) is 4.79 Å². The van der Waals surface area contributed by atoms with Gasteiger partial charge in [-0.1, -0.05) is 12.8 Å². The summed E-state index contributed by atoms with van der Waals surface area (Å²) in [5.74, 6) is 3.65. The van der Waals surface area contributed by atoms with Crippen molar-refractivity contribution in [1.29, 1.82) is 0 Å². The molecule has 1 amide bonds. The molecule has 0 radical (unpaired) electrons. The molecule has 0 aromatic rings. The zero-order valence-corrected chi connectivity index (χ0v) is 12.3. The van der Waals surface area contributed by atoms with Gasteiger partial charge in [-0.15, -0.1) is 0 Å². The van der Waals surface area contributed by atoms with Gasteiger partial charge in [0.05, 0.1) is 12.1 Å². The molecule has 5 aliphatic rings. The maximum absolute atomic E-state index is 12.8. The van der Waals surface area contributed by atoms with Gasteiger partial charge >= 0.3 is 0 Å². The lowest BCUT2D eigenvalue weighted by Crippen LogP contribution is -2.56. The van der Waals surface area contributed by atoms with Crippen molar-refractivity contribution in [3.8, 4) is 0 Å². The second kappa shape index (κ2) is 4.72. The zero-order valence-electron chi connectivity index (χ0n) is 12.3. The van der Waals surface area contributed by atoms with E-state index in [4.69, 9.17) is 0 Å². The normalized spacial score (nSPS) is 44.8. The Hall–Kier alpha value is -0.570. The molecule has 5 fully saturated rings. The van der Waals surface area contributed by atoms with Crippen molar-refractivity contribution < 1.29 is 9.90 Å². The SMILES string of the molecule is O=C(NC1(CO)CCCC1)C1C2CC3CC(C2)CC1C3. The van der Waals surface area contributed by atoms with E-state index in [1.54, 1.807) is 0 Å². The van der Waals surface area contributed by atoms with E-state index in [2.05, 4.69) is 5.32 Å². The number of aliphatic hydroxyl groups is 1. The predicted octanol–water partition coefficient (Wildman–Crippen LogP) is 2.48. The Morgan fingerprint density at radius 3 is 2.05 bits per heavy atom. The zero-order chi connectivity index (χ0) is 13.7. The van der Waals surface area contributed by atoms with E-state index in [1.165, 1.54) is 32.1 Å². The number of hydrogen-bond donors (Lipinski definition) is 2. The molecule has 3 heteroatoms. The fraction of sp³-hybridized carbons (Fsp3) is 0.941. The molecule has 0 aromatic heterocycles. The minimum absolute atomic E-state index is 0.117. The predicted molar refractivity (Wildman–Crippen MR) is 77.0 cm³/mol. The van der Waals surface area contributed by atoms with Crippen LogP contribution in [0.5, 0.6) is 0 Å². The van der Waals surface area contributed by atoms with E-state index in [0.29, 0.717) is 11.8 Å². The Kier molecular flexibility index (Phi) is 3.10. The number of rotatable bonds is 3. The first-order valence-corrected chi connectivity index (χ1v) is 8.62. The third kappa shape index (κ3) is 2.01. The topological polar surface area (TPSA) is 49.3 Å². The van der Waals surface area contributed by atoms with Crippen molar-refractivity contribution >= 4 is 5.91 Å². The molecule has 4 bridgehead atoms. The van der Waals surface area contributed by atoms with E-state index in [0.717, 1.165) is 37.5 Å². The Morgan fingerprint density at radius 1 is 1.00 bits per heavy atom. The van der Waals surface area contributed by atoms with E-state index >= 15 is 0 Å². The molecule has 0 heterocycles. The van der Waals surface area contributed by atoms with Crippen LogP contribution >= 0.6 is 0 Å². The third-order valence-electron chi connectivity index (χ3n) is 6.78. The standard InChI is InChI=1S/C17H27NO2/c19-10-17(3-1-2-4-17)18-16(20)15-13-6-11-5-12(8-13)9-14(15)7-11/h11-15,19H,1-10H2,(H,18,20). The molecule has 5 rings (SSSR count). The van der Waals surface area contributed by atoms with Crippen molar-refractivity contribution in [2.45, 2.75) is 63.3 Å². The molecule has 0 atom stereocenters. The first-order valence-electron chi connectivity index (χ1n) is 8.62. The first kappa shape index (κ1) is 13.1. The molecular weight excluding hydrogens is 250 g/mol. The Labute approximate surface area is 121 Å². The average Bonchev–Trinajstić information content (AvgIpc) is 2.86. The maximum Gasteiger partial charge on any atom is 0.224 e. The van der Waals surface area contributed by atoms with Crippen LogP contribution in [-0.4, -0.2) is 23.2 Å². The minimum Gasteiger partial charge on any atom is -0.394 e. The summed E-state index contributed by atoms with van der Waals surface area (Å²) in [5, 5.41) is 13.0. The lowest BCUT2D eigenvalue weighted by molar-refractivity contribution is -0.140. The highest BCUT2D eigenvalue weighted by Crippen LogP contribution is 2.56. The monoisotopic (exact) mass is 277 g/mol. The van der Waals surface area contributed by atoms with E-state index in [1.807, 2.05) is 0 Å². The quantitative estimate of drug-likeness (QED) is 0.832. The van der Waals surface area contributed by atoms with Gasteiger partial charge in [0.25, 0.3) is 0 Å². The number of nitrogens with one attached hydrogen (secondary N) is 1. The second-order valence-corrected chi connectivity index (χ2v) is 8.09. The van der Waals surface area contributed by atoms with Crippen molar-refractivity contribution in [2.75, 3.05) is 6.61 Å². The van der Waals surface area contributed by atoms with Crippen LogP contribution in [0.15, 0.2) is 0 Å². The fourth-order valence-corrected chi connectivity index (χ4v) is 6.07. The highest BCUT2D eigenvalue weighted by atomic mass is 16.3. The van der Waals surface area contributed by atoms with Crippen LogP contribution in [0, 0.1) is 29.6 Å². The number of carbonyl (C=O) groups is 1. The molecule has 0 unspecified atom stereocenters. The summed E-state index contributed by atoms with van der Waals surface area (Å²) in [6, 6.07) is 0. The molecule has 2 N–H and O–H groups in total. The summed E-state index contributed by atoms with van der Waals surface area (Å²) in [4.78, 5) is 12.8. The summed E-state index contributed by atoms with van der Waals surface area (Å²) in [7, 11) is 0. The highest BCUT2D eigenvalue weighted by Gasteiger charge is 2.51. The second-order valence-electron chi connectivity index (χ2n) is 8.09. The van der Waals surface area contributed by atoms with E-state index in [-0.39, 0.29) is 24.0 Å². The van der Waals surface area contributed by atoms with Gasteiger partial charge in [-0.05, 0) is 68.6 Å². The van der Waals surface area contributed by atoms with Gasteiger partial charge in [0.1, 0.15) is 0 Å². The number of hydrogen-bond acceptors (Lipinski definition) is 2. The third-order valence-corrected chi connectivity index (χ3v) is 6.78. The largest absolute Gasteiger partial charge is 0.394 e. The summed E-state index contributed by atoms with van der Waals surface area (Å²) >= 11 is 0. The minimum atomic E-state index is -0.286. The van der Waals surface area contributed by atoms with Crippen LogP contribution in [0.2, 0.25) is 0 Å². The summed E-state index contributed by atoms with van der Waals surface area (Å²) < 4.78 is 0. The lowest BCUT2D eigenvalue weighted by atomic mass is 9.51. The summed E-state index contributed by atoms with van der Waals surface area (Å²) in [6.07, 6.45) is 10.8. The lowest BCUT2D eigenvalue weighted by Gasteiger charge is -2.54. The van der Waals surface area contributed by atoms with Crippen LogP contribution in [0.1, 0.15) is 57.8 Å². The molecule has 0 aliphatic heterocycles. The average molecular weight is 277 g/mol. The summed E-state index contributed by atoms with van der Waals surface area (Å²) in [6.45, 7) is 0.117. The molecule has 112 valence electrons. The van der Waals surface area contributed by atoms with Gasteiger partial charge < -0.3 is 10.4 Å². The molecule has 3 nitrogen and oxygen atoms in total. The molecule has 20 heavy (non-hydrogen) atoms. The van der Waals surface area contributed by atoms with Gasteiger partial charge in [0.2, 0.25) is 5.91 Å². The number of carbonyl (C=O) groups excluding carboxylic acids is 1. The van der Waals surface area contributed by atoms with Crippen LogP contribution in [0.25, 0.3) is 0 Å². The Morgan fingerprint density at radius 2 is 1.55 bits per heavy atom. The molecule has 0 spiro atoms. The number of amides is 1. The van der Waals surface area contributed by atoms with Crippen molar-refractivity contribution in [1.82, 2.24) is 5.32 Å². The Balaban J connectivity index is 1.48. The van der Waals surface area contributed by atoms with Gasteiger partial charge in [-0.25, -0.2) is 0 Å². The molecule has 0 aromatic carbocycles. The molecular formula is C17H27NO2. The van der Waals surface area contributed by atoms with Crippen molar-refractivity contribution in [3.63, 3.8) is 0 Å². The van der Waals surface area contributed by atoms with Crippen LogP contribution in [0.3, 0.4) is 0 Å². The molecule has 5 aliphatic carbocycles. The van der Waals surface area contributed by atoms with Crippen LogP contribution < -0.4 is 5.32 Å². The van der Waals surface area contributed by atoms with E-state index < -0.39 is 0 Å². The number of aliphatic hydroxyl groups excluding tert-OH is 1. The van der Waals surface area contributed by atoms with E-state index in [9.17, 15) is 9.90 Å². The maximum atomic E-state index is 12.8. The Bertz CT molecular complexity index is 372. The smallest absolute Gasteiger partial charge is 0.224 e. The first-order chi connectivity index (χ1) is 9.69. The van der Waals surface area contributed by atoms with Gasteiger partial charge in [-0.3, -0.25) is 4.79 Å². The van der Waals surface area contributed by atoms with Gasteiger partial charge in [-0.2, -0.15) is 0 Å². The van der Waals surface area contributed by atoms with Crippen LogP contribution in [0.4, 0.5) is 0 Å². The van der Waals surface area contributed by atoms with Gasteiger partial charge in [0.15, 0.2) is 0 Å². The van der Waals surface area contributed by atoms with Crippen molar-refractivity contribution in [3.05, 3.63) is 0 Å².